The molecule has 0 aliphatic carbocycles. The van der Waals surface area contributed by atoms with E-state index in [1.807, 2.05) is 20.8 Å². The van der Waals surface area contributed by atoms with Crippen molar-refractivity contribution in [2.75, 3.05) is 11.8 Å². The van der Waals surface area contributed by atoms with Gasteiger partial charge in [0.2, 0.25) is 0 Å². The van der Waals surface area contributed by atoms with Crippen molar-refractivity contribution in [3.63, 3.8) is 0 Å². The molecule has 0 fully saturated rings. The fourth-order valence-corrected chi connectivity index (χ4v) is 3.84. The third kappa shape index (κ3) is 5.23. The average molecular weight is 391 g/mol. The van der Waals surface area contributed by atoms with Gasteiger partial charge in [0.1, 0.15) is 5.75 Å². The van der Waals surface area contributed by atoms with Crippen molar-refractivity contribution in [1.82, 2.24) is 5.32 Å². The van der Waals surface area contributed by atoms with Crippen molar-refractivity contribution in [1.29, 1.82) is 0 Å². The molecule has 0 saturated heterocycles. The summed E-state index contributed by atoms with van der Waals surface area (Å²) in [4.78, 5) is 12.5. The number of ether oxygens (including phenoxy) is 1. The number of carbonyl (C=O) groups excluding carboxylic acids is 1. The van der Waals surface area contributed by atoms with Crippen LogP contribution >= 0.6 is 0 Å². The predicted octanol–water partition coefficient (Wildman–Crippen LogP) is 3.66. The molecule has 6 nitrogen and oxygen atoms in total. The Labute approximate surface area is 161 Å². The first-order valence-corrected chi connectivity index (χ1v) is 10.3. The summed E-state index contributed by atoms with van der Waals surface area (Å²) in [5, 5.41) is 2.95. The molecule has 2 rings (SSSR count). The Kier molecular flexibility index (Phi) is 6.85. The van der Waals surface area contributed by atoms with Gasteiger partial charge in [-0.05, 0) is 42.7 Å². The Bertz CT molecular complexity index is 894. The number of nitrogens with one attached hydrogen (secondary N) is 2. The van der Waals surface area contributed by atoms with Gasteiger partial charge in [-0.1, -0.05) is 39.0 Å². The van der Waals surface area contributed by atoms with E-state index in [1.54, 1.807) is 36.4 Å². The molecular formula is C20H26N2O4S. The summed E-state index contributed by atoms with van der Waals surface area (Å²) < 4.78 is 33.1. The van der Waals surface area contributed by atoms with E-state index in [0.717, 1.165) is 6.42 Å². The van der Waals surface area contributed by atoms with Crippen LogP contribution in [0.4, 0.5) is 5.69 Å². The fourth-order valence-electron chi connectivity index (χ4n) is 2.73. The molecule has 0 aromatic heterocycles. The number of rotatable bonds is 8. The fraction of sp³-hybridized carbons (Fsp3) is 0.350. The standard InChI is InChI=1S/C20H26N2O4S/c1-5-17(14(2)3)21-20(23)15-9-8-10-16(13-15)27(24,25)22-18-11-6-7-12-19(18)26-4/h6-14,17,22H,5H2,1-4H3,(H,21,23). The van der Waals surface area contributed by atoms with Crippen molar-refractivity contribution in [3.8, 4) is 5.75 Å². The molecule has 0 aliphatic rings. The molecule has 1 atom stereocenters. The van der Waals surface area contributed by atoms with E-state index < -0.39 is 10.0 Å². The summed E-state index contributed by atoms with van der Waals surface area (Å²) in [7, 11) is -2.39. The molecule has 2 aromatic rings. The Morgan fingerprint density at radius 3 is 2.44 bits per heavy atom. The van der Waals surface area contributed by atoms with E-state index in [4.69, 9.17) is 4.74 Å². The maximum Gasteiger partial charge on any atom is 0.262 e. The number of carbonyl (C=O) groups is 1. The number of para-hydroxylation sites is 2. The van der Waals surface area contributed by atoms with Crippen LogP contribution in [0.1, 0.15) is 37.6 Å². The minimum atomic E-state index is -3.86. The van der Waals surface area contributed by atoms with Crippen molar-refractivity contribution in [2.45, 2.75) is 38.1 Å². The maximum absolute atomic E-state index is 12.7. The molecule has 0 radical (unpaired) electrons. The molecule has 0 heterocycles. The topological polar surface area (TPSA) is 84.5 Å². The highest BCUT2D eigenvalue weighted by molar-refractivity contribution is 7.92. The third-order valence-corrected chi connectivity index (χ3v) is 5.68. The van der Waals surface area contributed by atoms with Crippen molar-refractivity contribution >= 4 is 21.6 Å². The van der Waals surface area contributed by atoms with Gasteiger partial charge in [-0.3, -0.25) is 9.52 Å². The molecule has 0 bridgehead atoms. The summed E-state index contributed by atoms with van der Waals surface area (Å²) in [5.74, 6) is 0.417. The van der Waals surface area contributed by atoms with Crippen LogP contribution in [0.25, 0.3) is 0 Å². The molecule has 1 unspecified atom stereocenters. The zero-order valence-electron chi connectivity index (χ0n) is 16.0. The second-order valence-corrected chi connectivity index (χ2v) is 8.25. The molecule has 0 aliphatic heterocycles. The Hall–Kier alpha value is -2.54. The summed E-state index contributed by atoms with van der Waals surface area (Å²) >= 11 is 0. The summed E-state index contributed by atoms with van der Waals surface area (Å²) in [5.41, 5.74) is 0.637. The Balaban J connectivity index is 2.26. The SMILES string of the molecule is CCC(NC(=O)c1cccc(S(=O)(=O)Nc2ccccc2OC)c1)C(C)C. The first-order valence-electron chi connectivity index (χ1n) is 8.85. The normalized spacial score (nSPS) is 12.5. The van der Waals surface area contributed by atoms with E-state index >= 15 is 0 Å². The molecule has 2 N–H and O–H groups in total. The number of anilines is 1. The number of amides is 1. The summed E-state index contributed by atoms with van der Waals surface area (Å²) in [6, 6.07) is 12.8. The van der Waals surface area contributed by atoms with E-state index in [1.165, 1.54) is 19.2 Å². The average Bonchev–Trinajstić information content (AvgIpc) is 2.65. The van der Waals surface area contributed by atoms with Crippen LogP contribution in [-0.4, -0.2) is 27.5 Å². The lowest BCUT2D eigenvalue weighted by molar-refractivity contribution is 0.0924. The lowest BCUT2D eigenvalue weighted by Gasteiger charge is -2.20. The number of sulfonamides is 1. The highest BCUT2D eigenvalue weighted by Gasteiger charge is 2.20. The Morgan fingerprint density at radius 1 is 1.11 bits per heavy atom. The summed E-state index contributed by atoms with van der Waals surface area (Å²) in [6.45, 7) is 6.07. The zero-order chi connectivity index (χ0) is 20.0. The molecule has 0 spiro atoms. The van der Waals surface area contributed by atoms with E-state index in [9.17, 15) is 13.2 Å². The van der Waals surface area contributed by atoms with E-state index in [0.29, 0.717) is 17.0 Å². The van der Waals surface area contributed by atoms with Crippen LogP contribution < -0.4 is 14.8 Å². The lowest BCUT2D eigenvalue weighted by Crippen LogP contribution is -2.38. The largest absolute Gasteiger partial charge is 0.495 e. The minimum absolute atomic E-state index is 0.0126. The molecular weight excluding hydrogens is 364 g/mol. The molecule has 7 heteroatoms. The molecule has 27 heavy (non-hydrogen) atoms. The van der Waals surface area contributed by atoms with Gasteiger partial charge in [0.25, 0.3) is 15.9 Å². The van der Waals surface area contributed by atoms with Crippen molar-refractivity contribution < 1.29 is 17.9 Å². The molecule has 2 aromatic carbocycles. The van der Waals surface area contributed by atoms with Crippen molar-refractivity contribution in [3.05, 3.63) is 54.1 Å². The van der Waals surface area contributed by atoms with Gasteiger partial charge in [-0.2, -0.15) is 0 Å². The van der Waals surface area contributed by atoms with Crippen LogP contribution in [0.15, 0.2) is 53.4 Å². The Morgan fingerprint density at radius 2 is 1.81 bits per heavy atom. The second-order valence-electron chi connectivity index (χ2n) is 6.57. The summed E-state index contributed by atoms with van der Waals surface area (Å²) in [6.07, 6.45) is 0.802. The van der Waals surface area contributed by atoms with Crippen molar-refractivity contribution in [2.24, 2.45) is 5.92 Å². The lowest BCUT2D eigenvalue weighted by atomic mass is 10.0. The van der Waals surface area contributed by atoms with Gasteiger partial charge in [-0.25, -0.2) is 8.42 Å². The maximum atomic E-state index is 12.7. The first-order chi connectivity index (χ1) is 12.8. The minimum Gasteiger partial charge on any atom is -0.495 e. The van der Waals surface area contributed by atoms with Gasteiger partial charge in [0.15, 0.2) is 0 Å². The highest BCUT2D eigenvalue weighted by Crippen LogP contribution is 2.26. The molecule has 146 valence electrons. The van der Waals surface area contributed by atoms with Gasteiger partial charge in [-0.15, -0.1) is 0 Å². The van der Waals surface area contributed by atoms with Gasteiger partial charge < -0.3 is 10.1 Å². The smallest absolute Gasteiger partial charge is 0.262 e. The van der Waals surface area contributed by atoms with Gasteiger partial charge in [0.05, 0.1) is 17.7 Å². The zero-order valence-corrected chi connectivity index (χ0v) is 16.8. The van der Waals surface area contributed by atoms with Gasteiger partial charge in [0, 0.05) is 11.6 Å². The number of hydrogen-bond acceptors (Lipinski definition) is 4. The van der Waals surface area contributed by atoms with E-state index in [-0.39, 0.29) is 22.8 Å². The van der Waals surface area contributed by atoms with Crippen LogP contribution in [0.2, 0.25) is 0 Å². The first kappa shape index (κ1) is 20.8. The van der Waals surface area contributed by atoms with Gasteiger partial charge >= 0.3 is 0 Å². The predicted molar refractivity (Wildman–Crippen MR) is 107 cm³/mol. The van der Waals surface area contributed by atoms with Crippen LogP contribution in [0.3, 0.4) is 0 Å². The van der Waals surface area contributed by atoms with Crippen LogP contribution in [0, 0.1) is 5.92 Å². The molecule has 0 saturated carbocycles. The van der Waals surface area contributed by atoms with Crippen LogP contribution in [-0.2, 0) is 10.0 Å². The van der Waals surface area contributed by atoms with Crippen LogP contribution in [0.5, 0.6) is 5.75 Å². The quantitative estimate of drug-likeness (QED) is 0.720. The molecule has 1 amide bonds. The number of hydrogen-bond donors (Lipinski definition) is 2. The number of benzene rings is 2. The van der Waals surface area contributed by atoms with E-state index in [2.05, 4.69) is 10.0 Å². The number of methoxy groups -OCH3 is 1. The highest BCUT2D eigenvalue weighted by atomic mass is 32.2. The monoisotopic (exact) mass is 390 g/mol. The second kappa shape index (κ2) is 8.90. The third-order valence-electron chi connectivity index (χ3n) is 4.32.